The van der Waals surface area contributed by atoms with Crippen molar-refractivity contribution in [1.82, 2.24) is 4.98 Å². The van der Waals surface area contributed by atoms with Crippen molar-refractivity contribution < 1.29 is 19.1 Å². The molecule has 0 aromatic carbocycles. The number of halogens is 1. The van der Waals surface area contributed by atoms with Crippen molar-refractivity contribution in [2.24, 2.45) is 11.7 Å². The van der Waals surface area contributed by atoms with Gasteiger partial charge < -0.3 is 15.7 Å². The molecule has 1 saturated heterocycles. The first-order valence-corrected chi connectivity index (χ1v) is 6.35. The molecule has 0 spiro atoms. The van der Waals surface area contributed by atoms with Crippen LogP contribution in [0.1, 0.15) is 30.1 Å². The zero-order chi connectivity index (χ0) is 14.9. The third-order valence-corrected chi connectivity index (χ3v) is 3.66. The Bertz CT molecular complexity index is 550. The Labute approximate surface area is 115 Å². The highest BCUT2D eigenvalue weighted by atomic mass is 19.1. The smallest absolute Gasteiger partial charge is 0.338 e. The van der Waals surface area contributed by atoms with E-state index in [4.69, 9.17) is 10.8 Å². The van der Waals surface area contributed by atoms with Gasteiger partial charge in [-0.1, -0.05) is 0 Å². The molecule has 1 amide bonds. The molecule has 7 heteroatoms. The Kier molecular flexibility index (Phi) is 3.87. The van der Waals surface area contributed by atoms with Crippen LogP contribution in [-0.4, -0.2) is 34.6 Å². The highest BCUT2D eigenvalue weighted by molar-refractivity contribution is 5.89. The number of carbonyl (C=O) groups is 2. The van der Waals surface area contributed by atoms with E-state index in [1.165, 1.54) is 6.20 Å². The van der Waals surface area contributed by atoms with E-state index in [9.17, 15) is 14.0 Å². The van der Waals surface area contributed by atoms with E-state index < -0.39 is 23.3 Å². The molecule has 1 aliphatic rings. The van der Waals surface area contributed by atoms with Crippen LogP contribution in [0.15, 0.2) is 12.3 Å². The quantitative estimate of drug-likeness (QED) is 0.861. The monoisotopic (exact) mass is 281 g/mol. The molecule has 6 nitrogen and oxygen atoms in total. The largest absolute Gasteiger partial charge is 0.478 e. The normalized spacial score (nSPS) is 22.6. The number of carbonyl (C=O) groups excluding carboxylic acids is 1. The lowest BCUT2D eigenvalue weighted by Crippen LogP contribution is -2.46. The molecule has 108 valence electrons. The van der Waals surface area contributed by atoms with Crippen molar-refractivity contribution in [3.63, 3.8) is 0 Å². The summed E-state index contributed by atoms with van der Waals surface area (Å²) in [7, 11) is 0. The fourth-order valence-electron chi connectivity index (χ4n) is 2.43. The summed E-state index contributed by atoms with van der Waals surface area (Å²) in [6.45, 7) is 2.13. The van der Waals surface area contributed by atoms with Crippen LogP contribution in [0.4, 0.5) is 10.2 Å². The maximum Gasteiger partial charge on any atom is 0.338 e. The number of rotatable bonds is 3. The average molecular weight is 281 g/mol. The number of amides is 1. The topological polar surface area (TPSA) is 96.5 Å². The van der Waals surface area contributed by atoms with Crippen LogP contribution in [0.25, 0.3) is 0 Å². The molecular formula is C13H16FN3O3. The lowest BCUT2D eigenvalue weighted by molar-refractivity contribution is -0.122. The van der Waals surface area contributed by atoms with Crippen LogP contribution in [0.5, 0.6) is 0 Å². The minimum absolute atomic E-state index is 0.0309. The number of piperidine rings is 1. The number of pyridine rings is 1. The van der Waals surface area contributed by atoms with Crippen LogP contribution >= 0.6 is 0 Å². The number of nitrogens with zero attached hydrogens (tertiary/aromatic N) is 2. The molecule has 2 unspecified atom stereocenters. The van der Waals surface area contributed by atoms with Crippen LogP contribution in [0, 0.1) is 11.7 Å². The standard InChI is InChI=1S/C13H16FN3O3/c1-7-2-3-8(11(15)18)6-17(7)12-10(14)9(13(19)20)4-5-16-12/h4-5,7-8H,2-3,6H2,1H3,(H2,15,18)(H,19,20). The first kappa shape index (κ1) is 14.2. The van der Waals surface area contributed by atoms with Gasteiger partial charge in [0.15, 0.2) is 11.6 Å². The van der Waals surface area contributed by atoms with E-state index in [1.54, 1.807) is 4.90 Å². The molecule has 1 aromatic heterocycles. The summed E-state index contributed by atoms with van der Waals surface area (Å²) in [5.74, 6) is -3.07. The minimum atomic E-state index is -1.35. The van der Waals surface area contributed by atoms with E-state index in [0.29, 0.717) is 12.8 Å². The Morgan fingerprint density at radius 2 is 2.20 bits per heavy atom. The molecule has 0 saturated carbocycles. The molecule has 3 N–H and O–H groups in total. The summed E-state index contributed by atoms with van der Waals surface area (Å²) >= 11 is 0. The van der Waals surface area contributed by atoms with Gasteiger partial charge in [-0.15, -0.1) is 0 Å². The number of carboxylic acids is 1. The first-order valence-electron chi connectivity index (χ1n) is 6.35. The van der Waals surface area contributed by atoms with Crippen molar-refractivity contribution in [1.29, 1.82) is 0 Å². The van der Waals surface area contributed by atoms with Gasteiger partial charge in [0.1, 0.15) is 5.56 Å². The molecule has 0 radical (unpaired) electrons. The zero-order valence-electron chi connectivity index (χ0n) is 11.0. The second-order valence-electron chi connectivity index (χ2n) is 4.98. The van der Waals surface area contributed by atoms with Gasteiger partial charge in [-0.3, -0.25) is 4.79 Å². The van der Waals surface area contributed by atoms with Gasteiger partial charge >= 0.3 is 5.97 Å². The maximum absolute atomic E-state index is 14.2. The Morgan fingerprint density at radius 3 is 2.80 bits per heavy atom. The molecule has 20 heavy (non-hydrogen) atoms. The zero-order valence-corrected chi connectivity index (χ0v) is 11.0. The predicted molar refractivity (Wildman–Crippen MR) is 69.9 cm³/mol. The van der Waals surface area contributed by atoms with Gasteiger partial charge in [-0.05, 0) is 25.8 Å². The van der Waals surface area contributed by atoms with Crippen molar-refractivity contribution in [2.75, 3.05) is 11.4 Å². The number of primary amides is 1. The molecule has 1 aromatic rings. The number of hydrogen-bond donors (Lipinski definition) is 2. The van der Waals surface area contributed by atoms with E-state index in [2.05, 4.69) is 4.98 Å². The fourth-order valence-corrected chi connectivity index (χ4v) is 2.43. The molecule has 1 aliphatic heterocycles. The molecule has 2 rings (SSSR count). The third kappa shape index (κ3) is 2.56. The van der Waals surface area contributed by atoms with Crippen LogP contribution in [0.2, 0.25) is 0 Å². The summed E-state index contributed by atoms with van der Waals surface area (Å²) in [5, 5.41) is 8.93. The summed E-state index contributed by atoms with van der Waals surface area (Å²) in [4.78, 5) is 27.8. The van der Waals surface area contributed by atoms with Gasteiger partial charge in [-0.25, -0.2) is 14.2 Å². The van der Waals surface area contributed by atoms with Gasteiger partial charge in [0.25, 0.3) is 0 Å². The van der Waals surface area contributed by atoms with Crippen molar-refractivity contribution in [3.8, 4) is 0 Å². The predicted octanol–water partition coefficient (Wildman–Crippen LogP) is 1.01. The molecule has 2 heterocycles. The summed E-state index contributed by atoms with van der Waals surface area (Å²) < 4.78 is 14.2. The number of nitrogens with two attached hydrogens (primary N) is 1. The van der Waals surface area contributed by atoms with Gasteiger partial charge in [-0.2, -0.15) is 0 Å². The summed E-state index contributed by atoms with van der Waals surface area (Å²) in [5.41, 5.74) is 4.87. The van der Waals surface area contributed by atoms with E-state index in [0.717, 1.165) is 6.07 Å². The van der Waals surface area contributed by atoms with Gasteiger partial charge in [0.05, 0.1) is 5.92 Å². The molecule has 1 fully saturated rings. The van der Waals surface area contributed by atoms with Crippen LogP contribution in [-0.2, 0) is 4.79 Å². The second kappa shape index (κ2) is 5.44. The molecule has 2 atom stereocenters. The van der Waals surface area contributed by atoms with E-state index >= 15 is 0 Å². The third-order valence-electron chi connectivity index (χ3n) is 3.66. The molecular weight excluding hydrogens is 265 g/mol. The SMILES string of the molecule is CC1CCC(C(N)=O)CN1c1nccc(C(=O)O)c1F. The van der Waals surface area contributed by atoms with E-state index in [1.807, 2.05) is 6.92 Å². The van der Waals surface area contributed by atoms with Gasteiger partial charge in [0, 0.05) is 18.8 Å². The highest BCUT2D eigenvalue weighted by Crippen LogP contribution is 2.29. The molecule has 0 aliphatic carbocycles. The number of anilines is 1. The van der Waals surface area contributed by atoms with Crippen molar-refractivity contribution in [3.05, 3.63) is 23.6 Å². The fraction of sp³-hybridized carbons (Fsp3) is 0.462. The Morgan fingerprint density at radius 1 is 1.50 bits per heavy atom. The molecule has 0 bridgehead atoms. The van der Waals surface area contributed by atoms with Crippen molar-refractivity contribution in [2.45, 2.75) is 25.8 Å². The van der Waals surface area contributed by atoms with Gasteiger partial charge in [0.2, 0.25) is 5.91 Å². The lowest BCUT2D eigenvalue weighted by Gasteiger charge is -2.37. The van der Waals surface area contributed by atoms with E-state index in [-0.39, 0.29) is 24.3 Å². The number of aromatic nitrogens is 1. The highest BCUT2D eigenvalue weighted by Gasteiger charge is 2.31. The number of hydrogen-bond acceptors (Lipinski definition) is 4. The number of aromatic carboxylic acids is 1. The average Bonchev–Trinajstić information content (AvgIpc) is 2.39. The van der Waals surface area contributed by atoms with Crippen molar-refractivity contribution >= 4 is 17.7 Å². The first-order chi connectivity index (χ1) is 9.41. The Hall–Kier alpha value is -2.18. The van der Waals surface area contributed by atoms with Crippen LogP contribution < -0.4 is 10.6 Å². The summed E-state index contributed by atoms with van der Waals surface area (Å²) in [6, 6.07) is 1.08. The Balaban J connectivity index is 2.36. The lowest BCUT2D eigenvalue weighted by atomic mass is 9.93. The van der Waals surface area contributed by atoms with Crippen LogP contribution in [0.3, 0.4) is 0 Å². The second-order valence-corrected chi connectivity index (χ2v) is 4.98. The summed E-state index contributed by atoms with van der Waals surface area (Å²) in [6.07, 6.45) is 2.57. The maximum atomic E-state index is 14.2. The number of carboxylic acid groups (broad SMARTS) is 1. The minimum Gasteiger partial charge on any atom is -0.478 e.